The lowest BCUT2D eigenvalue weighted by Gasteiger charge is -2.19. The number of nitrogen functional groups attached to an aromatic ring is 1. The van der Waals surface area contributed by atoms with Gasteiger partial charge in [-0.15, -0.1) is 0 Å². The van der Waals surface area contributed by atoms with Crippen molar-refractivity contribution in [1.82, 2.24) is 4.90 Å². The monoisotopic (exact) mass is 226 g/mol. The van der Waals surface area contributed by atoms with Crippen molar-refractivity contribution in [3.05, 3.63) is 28.8 Å². The molecular formula is C12H19ClN2. The predicted molar refractivity (Wildman–Crippen MR) is 67.0 cm³/mol. The summed E-state index contributed by atoms with van der Waals surface area (Å²) in [5.41, 5.74) is 7.49. The van der Waals surface area contributed by atoms with Crippen molar-refractivity contribution in [3.63, 3.8) is 0 Å². The van der Waals surface area contributed by atoms with Crippen LogP contribution in [0.15, 0.2) is 18.2 Å². The van der Waals surface area contributed by atoms with Gasteiger partial charge >= 0.3 is 0 Å². The molecule has 1 aromatic carbocycles. The van der Waals surface area contributed by atoms with E-state index in [4.69, 9.17) is 17.3 Å². The van der Waals surface area contributed by atoms with Crippen molar-refractivity contribution in [2.75, 3.05) is 19.3 Å². The summed E-state index contributed by atoms with van der Waals surface area (Å²) in [6.45, 7) is 6.36. The molecule has 2 nitrogen and oxygen atoms in total. The highest BCUT2D eigenvalue weighted by atomic mass is 35.5. The second-order valence-electron chi connectivity index (χ2n) is 4.44. The SMILES string of the molecule is CC(C)CN(C)Cc1ccc(N)cc1Cl. The van der Waals surface area contributed by atoms with Crippen molar-refractivity contribution in [1.29, 1.82) is 0 Å². The van der Waals surface area contributed by atoms with E-state index in [2.05, 4.69) is 25.8 Å². The van der Waals surface area contributed by atoms with Gasteiger partial charge in [0, 0.05) is 23.8 Å². The first-order chi connectivity index (χ1) is 6.99. The zero-order valence-corrected chi connectivity index (χ0v) is 10.4. The van der Waals surface area contributed by atoms with Gasteiger partial charge in [-0.1, -0.05) is 31.5 Å². The first-order valence-electron chi connectivity index (χ1n) is 5.21. The van der Waals surface area contributed by atoms with E-state index in [0.717, 1.165) is 29.4 Å². The number of rotatable bonds is 4. The molecule has 84 valence electrons. The third-order valence-electron chi connectivity index (χ3n) is 2.19. The molecule has 0 bridgehead atoms. The lowest BCUT2D eigenvalue weighted by molar-refractivity contribution is 0.288. The smallest absolute Gasteiger partial charge is 0.0471 e. The van der Waals surface area contributed by atoms with Gasteiger partial charge in [0.25, 0.3) is 0 Å². The molecule has 15 heavy (non-hydrogen) atoms. The largest absolute Gasteiger partial charge is 0.399 e. The van der Waals surface area contributed by atoms with Crippen LogP contribution in [0.25, 0.3) is 0 Å². The summed E-state index contributed by atoms with van der Waals surface area (Å²) in [7, 11) is 2.10. The van der Waals surface area contributed by atoms with E-state index in [-0.39, 0.29) is 0 Å². The zero-order chi connectivity index (χ0) is 11.4. The summed E-state index contributed by atoms with van der Waals surface area (Å²) in [5.74, 6) is 0.669. The van der Waals surface area contributed by atoms with E-state index >= 15 is 0 Å². The van der Waals surface area contributed by atoms with Crippen molar-refractivity contribution < 1.29 is 0 Å². The van der Waals surface area contributed by atoms with Gasteiger partial charge in [-0.05, 0) is 30.7 Å². The molecule has 0 spiro atoms. The summed E-state index contributed by atoms with van der Waals surface area (Å²) in [6.07, 6.45) is 0. The summed E-state index contributed by atoms with van der Waals surface area (Å²) in [6, 6.07) is 5.69. The fourth-order valence-electron chi connectivity index (χ4n) is 1.67. The molecule has 0 aliphatic rings. The van der Waals surface area contributed by atoms with Gasteiger partial charge in [-0.25, -0.2) is 0 Å². The fourth-order valence-corrected chi connectivity index (χ4v) is 1.92. The summed E-state index contributed by atoms with van der Waals surface area (Å²) in [4.78, 5) is 2.27. The van der Waals surface area contributed by atoms with Gasteiger partial charge in [0.15, 0.2) is 0 Å². The Morgan fingerprint density at radius 1 is 1.40 bits per heavy atom. The number of nitrogens with two attached hydrogens (primary N) is 1. The molecule has 0 aromatic heterocycles. The van der Waals surface area contributed by atoms with E-state index in [9.17, 15) is 0 Å². The third kappa shape index (κ3) is 4.10. The molecule has 0 aliphatic carbocycles. The van der Waals surface area contributed by atoms with E-state index in [0.29, 0.717) is 5.92 Å². The van der Waals surface area contributed by atoms with Crippen LogP contribution in [-0.2, 0) is 6.54 Å². The van der Waals surface area contributed by atoms with E-state index in [1.807, 2.05) is 12.1 Å². The number of hydrogen-bond acceptors (Lipinski definition) is 2. The Labute approximate surface area is 97.0 Å². The Morgan fingerprint density at radius 3 is 2.60 bits per heavy atom. The second-order valence-corrected chi connectivity index (χ2v) is 4.85. The standard InChI is InChI=1S/C12H19ClN2/c1-9(2)7-15(3)8-10-4-5-11(14)6-12(10)13/h4-6,9H,7-8,14H2,1-3H3. The molecule has 0 aliphatic heterocycles. The van der Waals surface area contributed by atoms with Crippen LogP contribution >= 0.6 is 11.6 Å². The molecule has 0 fully saturated rings. The molecule has 0 heterocycles. The maximum atomic E-state index is 6.10. The van der Waals surface area contributed by atoms with Gasteiger partial charge in [-0.2, -0.15) is 0 Å². The third-order valence-corrected chi connectivity index (χ3v) is 2.55. The molecule has 2 N–H and O–H groups in total. The van der Waals surface area contributed by atoms with Crippen LogP contribution in [-0.4, -0.2) is 18.5 Å². The van der Waals surface area contributed by atoms with E-state index in [1.54, 1.807) is 6.07 Å². The minimum atomic E-state index is 0.669. The van der Waals surface area contributed by atoms with Gasteiger partial charge in [0.2, 0.25) is 0 Å². The van der Waals surface area contributed by atoms with Crippen molar-refractivity contribution in [2.24, 2.45) is 5.92 Å². The number of anilines is 1. The lowest BCUT2D eigenvalue weighted by Crippen LogP contribution is -2.22. The predicted octanol–water partition coefficient (Wildman–Crippen LogP) is 3.01. The highest BCUT2D eigenvalue weighted by Gasteiger charge is 2.06. The van der Waals surface area contributed by atoms with Crippen LogP contribution in [0, 0.1) is 5.92 Å². The molecule has 1 aromatic rings. The average molecular weight is 227 g/mol. The molecule has 0 atom stereocenters. The molecule has 0 saturated heterocycles. The molecule has 0 radical (unpaired) electrons. The van der Waals surface area contributed by atoms with Crippen LogP contribution < -0.4 is 5.73 Å². The van der Waals surface area contributed by atoms with E-state index < -0.39 is 0 Å². The van der Waals surface area contributed by atoms with E-state index in [1.165, 1.54) is 0 Å². The molecule has 0 amide bonds. The average Bonchev–Trinajstić information content (AvgIpc) is 2.08. The van der Waals surface area contributed by atoms with Gasteiger partial charge in [-0.3, -0.25) is 0 Å². The maximum absolute atomic E-state index is 6.10. The van der Waals surface area contributed by atoms with Gasteiger partial charge in [0.1, 0.15) is 0 Å². The van der Waals surface area contributed by atoms with Crippen LogP contribution in [0.1, 0.15) is 19.4 Å². The summed E-state index contributed by atoms with van der Waals surface area (Å²) < 4.78 is 0. The number of halogens is 1. The number of benzene rings is 1. The molecule has 0 saturated carbocycles. The van der Waals surface area contributed by atoms with Gasteiger partial charge in [0.05, 0.1) is 0 Å². The summed E-state index contributed by atoms with van der Waals surface area (Å²) in [5, 5.41) is 0.755. The normalized spacial score (nSPS) is 11.3. The number of hydrogen-bond donors (Lipinski definition) is 1. The molecule has 1 rings (SSSR count). The highest BCUT2D eigenvalue weighted by molar-refractivity contribution is 6.31. The maximum Gasteiger partial charge on any atom is 0.0471 e. The zero-order valence-electron chi connectivity index (χ0n) is 9.63. The lowest BCUT2D eigenvalue weighted by atomic mass is 10.1. The minimum absolute atomic E-state index is 0.669. The van der Waals surface area contributed by atoms with Crippen LogP contribution in [0.4, 0.5) is 5.69 Å². The Morgan fingerprint density at radius 2 is 2.07 bits per heavy atom. The van der Waals surface area contributed by atoms with Crippen molar-refractivity contribution in [2.45, 2.75) is 20.4 Å². The van der Waals surface area contributed by atoms with Gasteiger partial charge < -0.3 is 10.6 Å². The number of nitrogens with zero attached hydrogens (tertiary/aromatic N) is 1. The van der Waals surface area contributed by atoms with Crippen LogP contribution in [0.2, 0.25) is 5.02 Å². The first-order valence-corrected chi connectivity index (χ1v) is 5.59. The Bertz CT molecular complexity index is 323. The van der Waals surface area contributed by atoms with Crippen molar-refractivity contribution in [3.8, 4) is 0 Å². The quantitative estimate of drug-likeness (QED) is 0.800. The molecule has 3 heteroatoms. The van der Waals surface area contributed by atoms with Crippen LogP contribution in [0.5, 0.6) is 0 Å². The Balaban J connectivity index is 2.64. The molecule has 0 unspecified atom stereocenters. The Kier molecular flexibility index (Phi) is 4.43. The van der Waals surface area contributed by atoms with Crippen LogP contribution in [0.3, 0.4) is 0 Å². The highest BCUT2D eigenvalue weighted by Crippen LogP contribution is 2.20. The van der Waals surface area contributed by atoms with Crippen molar-refractivity contribution >= 4 is 17.3 Å². The second kappa shape index (κ2) is 5.38. The molecular weight excluding hydrogens is 208 g/mol. The topological polar surface area (TPSA) is 29.3 Å². The first kappa shape index (κ1) is 12.3. The minimum Gasteiger partial charge on any atom is -0.399 e. The summed E-state index contributed by atoms with van der Waals surface area (Å²) >= 11 is 6.10. The Hall–Kier alpha value is -0.730. The fraction of sp³-hybridized carbons (Fsp3) is 0.500.